The van der Waals surface area contributed by atoms with Crippen LogP contribution in [-0.4, -0.2) is 7.11 Å². The van der Waals surface area contributed by atoms with Crippen molar-refractivity contribution in [2.75, 3.05) is 7.11 Å². The van der Waals surface area contributed by atoms with E-state index in [0.29, 0.717) is 12.3 Å². The zero-order valence-electron chi connectivity index (χ0n) is 12.2. The molecule has 0 heterocycles. The van der Waals surface area contributed by atoms with Gasteiger partial charge in [-0.3, -0.25) is 0 Å². The maximum atomic E-state index is 8.89. The number of nitrogens with zero attached hydrogens (tertiary/aromatic N) is 1. The molecule has 0 amide bonds. The van der Waals surface area contributed by atoms with Gasteiger partial charge in [0.15, 0.2) is 0 Å². The van der Waals surface area contributed by atoms with Gasteiger partial charge in [0.2, 0.25) is 0 Å². The van der Waals surface area contributed by atoms with Crippen molar-refractivity contribution < 1.29 is 4.74 Å². The van der Waals surface area contributed by atoms with Gasteiger partial charge in [0.05, 0.1) is 19.6 Å². The molecule has 0 fully saturated rings. The second-order valence-electron chi connectivity index (χ2n) is 5.14. The van der Waals surface area contributed by atoms with Gasteiger partial charge < -0.3 is 4.74 Å². The van der Waals surface area contributed by atoms with Gasteiger partial charge in [-0.05, 0) is 34.7 Å². The summed E-state index contributed by atoms with van der Waals surface area (Å²) in [6, 6.07) is 16.8. The highest BCUT2D eigenvalue weighted by molar-refractivity contribution is 5.66. The highest BCUT2D eigenvalue weighted by Gasteiger charge is 2.06. The molecule has 0 bridgehead atoms. The average Bonchev–Trinajstić information content (AvgIpc) is 2.47. The van der Waals surface area contributed by atoms with Crippen molar-refractivity contribution in [2.24, 2.45) is 0 Å². The van der Waals surface area contributed by atoms with Crippen LogP contribution in [0.3, 0.4) is 0 Å². The molecule has 0 saturated carbocycles. The molecule has 0 unspecified atom stereocenters. The fourth-order valence-corrected chi connectivity index (χ4v) is 2.24. The van der Waals surface area contributed by atoms with Crippen molar-refractivity contribution in [3.63, 3.8) is 0 Å². The minimum atomic E-state index is 0.362. The first kappa shape index (κ1) is 14.1. The van der Waals surface area contributed by atoms with Gasteiger partial charge in [-0.1, -0.05) is 44.2 Å². The zero-order chi connectivity index (χ0) is 14.5. The Morgan fingerprint density at radius 2 is 1.70 bits per heavy atom. The van der Waals surface area contributed by atoms with E-state index in [0.717, 1.165) is 22.4 Å². The van der Waals surface area contributed by atoms with E-state index in [1.165, 1.54) is 5.56 Å². The number of methoxy groups -OCH3 is 1. The molecule has 2 nitrogen and oxygen atoms in total. The fourth-order valence-electron chi connectivity index (χ4n) is 2.24. The molecule has 0 saturated heterocycles. The van der Waals surface area contributed by atoms with Crippen molar-refractivity contribution in [1.29, 1.82) is 5.26 Å². The molecule has 0 aliphatic rings. The molecular formula is C18H19NO. The van der Waals surface area contributed by atoms with Gasteiger partial charge in [-0.2, -0.15) is 5.26 Å². The number of rotatable bonds is 4. The summed E-state index contributed by atoms with van der Waals surface area (Å²) < 4.78 is 5.29. The summed E-state index contributed by atoms with van der Waals surface area (Å²) in [4.78, 5) is 0. The summed E-state index contributed by atoms with van der Waals surface area (Å²) in [6.45, 7) is 4.38. The molecule has 0 spiro atoms. The number of benzene rings is 2. The second-order valence-corrected chi connectivity index (χ2v) is 5.14. The van der Waals surface area contributed by atoms with Crippen molar-refractivity contribution in [3.05, 3.63) is 53.6 Å². The normalized spacial score (nSPS) is 10.3. The van der Waals surface area contributed by atoms with Crippen LogP contribution in [0.1, 0.15) is 30.9 Å². The van der Waals surface area contributed by atoms with Crippen LogP contribution in [0.15, 0.2) is 42.5 Å². The SMILES string of the molecule is COc1ccc(-c2ccc(C(C)C)cc2)cc1CC#N. The van der Waals surface area contributed by atoms with Crippen molar-refractivity contribution >= 4 is 0 Å². The summed E-state index contributed by atoms with van der Waals surface area (Å²) in [6.07, 6.45) is 0.362. The average molecular weight is 265 g/mol. The Bertz CT molecular complexity index is 621. The molecule has 0 aliphatic heterocycles. The third kappa shape index (κ3) is 3.00. The molecule has 0 N–H and O–H groups in total. The number of nitriles is 1. The summed E-state index contributed by atoms with van der Waals surface area (Å²) in [7, 11) is 1.63. The topological polar surface area (TPSA) is 33.0 Å². The summed E-state index contributed by atoms with van der Waals surface area (Å²) >= 11 is 0. The number of ether oxygens (including phenoxy) is 1. The fraction of sp³-hybridized carbons (Fsp3) is 0.278. The molecule has 0 aromatic heterocycles. The van der Waals surface area contributed by atoms with Crippen molar-refractivity contribution in [3.8, 4) is 22.9 Å². The van der Waals surface area contributed by atoms with Crippen molar-refractivity contribution in [2.45, 2.75) is 26.2 Å². The first-order chi connectivity index (χ1) is 9.65. The Morgan fingerprint density at radius 3 is 2.25 bits per heavy atom. The minimum Gasteiger partial charge on any atom is -0.496 e. The van der Waals surface area contributed by atoms with Crippen LogP contribution in [0.25, 0.3) is 11.1 Å². The number of hydrogen-bond acceptors (Lipinski definition) is 2. The smallest absolute Gasteiger partial charge is 0.123 e. The zero-order valence-corrected chi connectivity index (χ0v) is 12.2. The molecule has 0 atom stereocenters. The monoisotopic (exact) mass is 265 g/mol. The van der Waals surface area contributed by atoms with Crippen LogP contribution >= 0.6 is 0 Å². The van der Waals surface area contributed by atoms with E-state index in [2.05, 4.69) is 44.2 Å². The first-order valence-electron chi connectivity index (χ1n) is 6.80. The molecule has 2 rings (SSSR count). The van der Waals surface area contributed by atoms with E-state index in [-0.39, 0.29) is 0 Å². The van der Waals surface area contributed by atoms with E-state index < -0.39 is 0 Å². The molecule has 2 aromatic rings. The third-order valence-corrected chi connectivity index (χ3v) is 3.46. The lowest BCUT2D eigenvalue weighted by molar-refractivity contribution is 0.411. The van der Waals surface area contributed by atoms with Gasteiger partial charge in [0, 0.05) is 5.56 Å². The maximum absolute atomic E-state index is 8.89. The van der Waals surface area contributed by atoms with Crippen LogP contribution in [0, 0.1) is 11.3 Å². The van der Waals surface area contributed by atoms with E-state index >= 15 is 0 Å². The van der Waals surface area contributed by atoms with Crippen LogP contribution in [0.4, 0.5) is 0 Å². The van der Waals surface area contributed by atoms with Gasteiger partial charge in [0.25, 0.3) is 0 Å². The molecule has 20 heavy (non-hydrogen) atoms. The number of hydrogen-bond donors (Lipinski definition) is 0. The third-order valence-electron chi connectivity index (χ3n) is 3.46. The van der Waals surface area contributed by atoms with Gasteiger partial charge in [-0.15, -0.1) is 0 Å². The van der Waals surface area contributed by atoms with E-state index in [1.54, 1.807) is 7.11 Å². The quantitative estimate of drug-likeness (QED) is 0.812. The highest BCUT2D eigenvalue weighted by Crippen LogP contribution is 2.28. The van der Waals surface area contributed by atoms with Gasteiger partial charge in [-0.25, -0.2) is 0 Å². The molecule has 2 heteroatoms. The molecule has 0 radical (unpaired) electrons. The second kappa shape index (κ2) is 6.25. The van der Waals surface area contributed by atoms with Gasteiger partial charge in [0.1, 0.15) is 5.75 Å². The summed E-state index contributed by atoms with van der Waals surface area (Å²) in [5.74, 6) is 1.31. The lowest BCUT2D eigenvalue weighted by Gasteiger charge is -2.10. The largest absolute Gasteiger partial charge is 0.496 e. The van der Waals surface area contributed by atoms with Crippen LogP contribution < -0.4 is 4.74 Å². The minimum absolute atomic E-state index is 0.362. The summed E-state index contributed by atoms with van der Waals surface area (Å²) in [5.41, 5.74) is 4.54. The Balaban J connectivity index is 2.37. The predicted molar refractivity (Wildman–Crippen MR) is 81.8 cm³/mol. The van der Waals surface area contributed by atoms with Gasteiger partial charge >= 0.3 is 0 Å². The maximum Gasteiger partial charge on any atom is 0.123 e. The van der Waals surface area contributed by atoms with Crippen molar-refractivity contribution in [1.82, 2.24) is 0 Å². The van der Waals surface area contributed by atoms with E-state index in [4.69, 9.17) is 10.00 Å². The van der Waals surface area contributed by atoms with E-state index in [1.807, 2.05) is 18.2 Å². The molecular weight excluding hydrogens is 246 g/mol. The van der Waals surface area contributed by atoms with Crippen LogP contribution in [-0.2, 0) is 6.42 Å². The summed E-state index contributed by atoms with van der Waals surface area (Å²) in [5, 5.41) is 8.89. The molecule has 0 aliphatic carbocycles. The molecule has 102 valence electrons. The molecule has 2 aromatic carbocycles. The lowest BCUT2D eigenvalue weighted by atomic mass is 9.97. The first-order valence-corrected chi connectivity index (χ1v) is 6.80. The predicted octanol–water partition coefficient (Wildman–Crippen LogP) is 4.55. The highest BCUT2D eigenvalue weighted by atomic mass is 16.5. The Morgan fingerprint density at radius 1 is 1.05 bits per heavy atom. The Kier molecular flexibility index (Phi) is 4.42. The van der Waals surface area contributed by atoms with Crippen LogP contribution in [0.2, 0.25) is 0 Å². The lowest BCUT2D eigenvalue weighted by Crippen LogP contribution is -1.92. The Hall–Kier alpha value is -2.27. The Labute approximate surface area is 120 Å². The standard InChI is InChI=1S/C18H19NO/c1-13(2)14-4-6-15(7-5-14)16-8-9-18(20-3)17(12-16)10-11-19/h4-9,12-13H,10H2,1-3H3. The van der Waals surface area contributed by atoms with Crippen LogP contribution in [0.5, 0.6) is 5.75 Å². The van der Waals surface area contributed by atoms with E-state index in [9.17, 15) is 0 Å².